The van der Waals surface area contributed by atoms with E-state index in [1.54, 1.807) is 0 Å². The van der Waals surface area contributed by atoms with Crippen molar-refractivity contribution in [3.05, 3.63) is 126 Å². The number of hydrogen-bond acceptors (Lipinski definition) is 3. The van der Waals surface area contributed by atoms with Gasteiger partial charge in [0.05, 0.1) is 0 Å². The molecule has 0 radical (unpaired) electrons. The average molecular weight is 553 g/mol. The van der Waals surface area contributed by atoms with Crippen LogP contribution in [0.1, 0.15) is 50.7 Å². The number of fused-ring (bicyclic) bond motifs is 4. The molecular formula is C38H37BO3. The van der Waals surface area contributed by atoms with Crippen LogP contribution in [0, 0.1) is 0 Å². The molecule has 0 aromatic heterocycles. The summed E-state index contributed by atoms with van der Waals surface area (Å²) in [6, 6.07) is 40.0. The van der Waals surface area contributed by atoms with Gasteiger partial charge >= 0.3 is 7.32 Å². The minimum atomic E-state index is -0.975. The Kier molecular flexibility index (Phi) is 8.60. The average Bonchev–Trinajstić information content (AvgIpc) is 3.03. The minimum Gasteiger partial charge on any atom is -0.489 e. The first-order chi connectivity index (χ1) is 20.7. The van der Waals surface area contributed by atoms with Crippen molar-refractivity contribution in [1.82, 2.24) is 0 Å². The van der Waals surface area contributed by atoms with Crippen molar-refractivity contribution in [2.24, 2.45) is 0 Å². The summed E-state index contributed by atoms with van der Waals surface area (Å²) in [4.78, 5) is 0. The zero-order valence-corrected chi connectivity index (χ0v) is 24.5. The van der Waals surface area contributed by atoms with Crippen LogP contribution < -0.4 is 14.0 Å². The van der Waals surface area contributed by atoms with Crippen LogP contribution in [0.3, 0.4) is 0 Å². The summed E-state index contributed by atoms with van der Waals surface area (Å²) in [5, 5.41) is 6.90. The molecule has 0 amide bonds. The molecule has 0 saturated carbocycles. The molecule has 6 rings (SSSR count). The van der Waals surface area contributed by atoms with Gasteiger partial charge in [-0.1, -0.05) is 112 Å². The summed E-state index contributed by atoms with van der Waals surface area (Å²) < 4.78 is 19.9. The number of rotatable bonds is 12. The SMILES string of the molecule is CCCCc1ccccc1OB(Oc1ccccc1CCCC)Oc1cccc2ccc3cc4ccccc4cc3c12. The molecule has 0 fully saturated rings. The molecule has 6 aromatic carbocycles. The predicted octanol–water partition coefficient (Wildman–Crippen LogP) is 10.4. The first kappa shape index (κ1) is 27.7. The predicted molar refractivity (Wildman–Crippen MR) is 177 cm³/mol. The van der Waals surface area contributed by atoms with Gasteiger partial charge in [-0.05, 0) is 94.1 Å². The number of para-hydroxylation sites is 2. The Labute approximate surface area is 249 Å². The maximum absolute atomic E-state index is 6.73. The molecule has 0 spiro atoms. The van der Waals surface area contributed by atoms with Crippen LogP contribution in [0.15, 0.2) is 115 Å². The van der Waals surface area contributed by atoms with Crippen LogP contribution in [0.5, 0.6) is 17.2 Å². The van der Waals surface area contributed by atoms with E-state index in [-0.39, 0.29) is 0 Å². The van der Waals surface area contributed by atoms with Crippen LogP contribution in [-0.2, 0) is 12.8 Å². The zero-order chi connectivity index (χ0) is 28.7. The van der Waals surface area contributed by atoms with Gasteiger partial charge in [0.25, 0.3) is 0 Å². The summed E-state index contributed by atoms with van der Waals surface area (Å²) in [7, 11) is -0.975. The Morgan fingerprint density at radius 2 is 0.976 bits per heavy atom. The first-order valence-electron chi connectivity index (χ1n) is 15.2. The Bertz CT molecular complexity index is 1760. The van der Waals surface area contributed by atoms with Gasteiger partial charge in [-0.3, -0.25) is 0 Å². The highest BCUT2D eigenvalue weighted by Gasteiger charge is 2.32. The van der Waals surface area contributed by atoms with Gasteiger partial charge in [0.1, 0.15) is 17.2 Å². The number of unbranched alkanes of at least 4 members (excludes halogenated alkanes) is 2. The van der Waals surface area contributed by atoms with Gasteiger partial charge in [0, 0.05) is 5.39 Å². The lowest BCUT2D eigenvalue weighted by Gasteiger charge is -2.21. The third-order valence-corrected chi connectivity index (χ3v) is 7.90. The van der Waals surface area contributed by atoms with Crippen molar-refractivity contribution in [3.63, 3.8) is 0 Å². The molecule has 0 N–H and O–H groups in total. The van der Waals surface area contributed by atoms with Crippen LogP contribution in [0.4, 0.5) is 0 Å². The largest absolute Gasteiger partial charge is 0.864 e. The normalized spacial score (nSPS) is 11.2. The molecule has 4 heteroatoms. The molecule has 0 aliphatic heterocycles. The Morgan fingerprint density at radius 1 is 0.476 bits per heavy atom. The highest BCUT2D eigenvalue weighted by molar-refractivity contribution is 6.40. The van der Waals surface area contributed by atoms with Gasteiger partial charge in [0.15, 0.2) is 0 Å². The Morgan fingerprint density at radius 3 is 1.62 bits per heavy atom. The van der Waals surface area contributed by atoms with E-state index in [1.165, 1.54) is 16.2 Å². The highest BCUT2D eigenvalue weighted by Crippen LogP contribution is 2.36. The van der Waals surface area contributed by atoms with Crippen LogP contribution in [0.2, 0.25) is 0 Å². The van der Waals surface area contributed by atoms with Gasteiger partial charge < -0.3 is 14.0 Å². The lowest BCUT2D eigenvalue weighted by Crippen LogP contribution is -2.37. The van der Waals surface area contributed by atoms with Gasteiger partial charge in [-0.2, -0.15) is 0 Å². The molecule has 0 saturated heterocycles. The fourth-order valence-corrected chi connectivity index (χ4v) is 5.63. The molecular weight excluding hydrogens is 515 g/mol. The maximum atomic E-state index is 6.73. The fraction of sp³-hybridized carbons (Fsp3) is 0.211. The minimum absolute atomic E-state index is 0.732. The van der Waals surface area contributed by atoms with Gasteiger partial charge in [0.2, 0.25) is 0 Å². The molecule has 0 aliphatic carbocycles. The topological polar surface area (TPSA) is 27.7 Å². The fourth-order valence-electron chi connectivity index (χ4n) is 5.63. The second-order valence-corrected chi connectivity index (χ2v) is 10.9. The number of aryl methyl sites for hydroxylation is 2. The van der Waals surface area contributed by atoms with E-state index in [9.17, 15) is 0 Å². The van der Waals surface area contributed by atoms with E-state index in [1.807, 2.05) is 36.4 Å². The summed E-state index contributed by atoms with van der Waals surface area (Å²) >= 11 is 0. The second-order valence-electron chi connectivity index (χ2n) is 10.9. The molecule has 3 nitrogen and oxygen atoms in total. The van der Waals surface area contributed by atoms with Crippen LogP contribution in [-0.4, -0.2) is 7.32 Å². The van der Waals surface area contributed by atoms with E-state index in [0.29, 0.717) is 0 Å². The van der Waals surface area contributed by atoms with Crippen molar-refractivity contribution in [3.8, 4) is 17.2 Å². The number of hydrogen-bond donors (Lipinski definition) is 0. The molecule has 0 aliphatic rings. The first-order valence-corrected chi connectivity index (χ1v) is 15.2. The molecule has 6 aromatic rings. The van der Waals surface area contributed by atoms with E-state index in [2.05, 4.69) is 92.7 Å². The van der Waals surface area contributed by atoms with Crippen LogP contribution >= 0.6 is 0 Å². The van der Waals surface area contributed by atoms with Gasteiger partial charge in [-0.25, -0.2) is 0 Å². The third kappa shape index (κ3) is 6.08. The van der Waals surface area contributed by atoms with Crippen LogP contribution in [0.25, 0.3) is 32.3 Å². The summed E-state index contributed by atoms with van der Waals surface area (Å²) in [6.07, 6.45) is 6.31. The standard InChI is InChI=1S/C38H37BO3/c1-3-5-14-28-16-9-11-21-35(28)40-39(41-36-22-12-10-17-29(36)15-6-4-2)42-37-23-13-20-30-24-25-33-26-31-18-7-8-19-32(31)27-34(33)38(30)37/h7-13,16-27H,3-6,14-15H2,1-2H3. The maximum Gasteiger partial charge on any atom is 0.864 e. The summed E-state index contributed by atoms with van der Waals surface area (Å²) in [5.74, 6) is 2.31. The molecule has 42 heavy (non-hydrogen) atoms. The van der Waals surface area contributed by atoms with Crippen molar-refractivity contribution >= 4 is 39.6 Å². The van der Waals surface area contributed by atoms with Crippen molar-refractivity contribution in [2.75, 3.05) is 0 Å². The second kappa shape index (κ2) is 13.0. The summed E-state index contributed by atoms with van der Waals surface area (Å²) in [6.45, 7) is 4.42. The van der Waals surface area contributed by atoms with Crippen molar-refractivity contribution < 1.29 is 14.0 Å². The lowest BCUT2D eigenvalue weighted by molar-refractivity contribution is 0.306. The Hall–Kier alpha value is -4.44. The van der Waals surface area contributed by atoms with Crippen molar-refractivity contribution in [1.29, 1.82) is 0 Å². The molecule has 0 atom stereocenters. The molecule has 0 unspecified atom stereocenters. The highest BCUT2D eigenvalue weighted by atomic mass is 16.7. The lowest BCUT2D eigenvalue weighted by atomic mass is 9.97. The quantitative estimate of drug-likeness (QED) is 0.0859. The molecule has 0 heterocycles. The van der Waals surface area contributed by atoms with Crippen molar-refractivity contribution in [2.45, 2.75) is 52.4 Å². The smallest absolute Gasteiger partial charge is 0.489 e. The van der Waals surface area contributed by atoms with E-state index >= 15 is 0 Å². The molecule has 210 valence electrons. The zero-order valence-electron chi connectivity index (χ0n) is 24.5. The third-order valence-electron chi connectivity index (χ3n) is 7.90. The monoisotopic (exact) mass is 552 g/mol. The van der Waals surface area contributed by atoms with E-state index in [0.717, 1.165) is 83.1 Å². The van der Waals surface area contributed by atoms with E-state index < -0.39 is 7.32 Å². The van der Waals surface area contributed by atoms with E-state index in [4.69, 9.17) is 14.0 Å². The summed E-state index contributed by atoms with van der Waals surface area (Å²) in [5.41, 5.74) is 2.32. The van der Waals surface area contributed by atoms with Gasteiger partial charge in [-0.15, -0.1) is 0 Å². The number of benzene rings is 6. The molecule has 0 bridgehead atoms. The Balaban J connectivity index is 1.43.